The van der Waals surface area contributed by atoms with Crippen molar-refractivity contribution in [1.29, 1.82) is 0 Å². The summed E-state index contributed by atoms with van der Waals surface area (Å²) in [5.41, 5.74) is 10.1. The summed E-state index contributed by atoms with van der Waals surface area (Å²) in [6.45, 7) is 11.5. The minimum Gasteiger partial charge on any atom is -0.372 e. The molecule has 0 spiro atoms. The molecule has 1 aliphatic rings. The van der Waals surface area contributed by atoms with Crippen LogP contribution < -0.4 is 4.90 Å². The molecule has 0 unspecified atom stereocenters. The Bertz CT molecular complexity index is 2230. The molecule has 0 N–H and O–H groups in total. The van der Waals surface area contributed by atoms with Crippen LogP contribution in [0.5, 0.6) is 0 Å². The van der Waals surface area contributed by atoms with Gasteiger partial charge in [-0.05, 0) is 120 Å². The Morgan fingerprint density at radius 2 is 1.05 bits per heavy atom. The van der Waals surface area contributed by atoms with E-state index < -0.39 is 0 Å². The van der Waals surface area contributed by atoms with Crippen molar-refractivity contribution in [3.63, 3.8) is 0 Å². The van der Waals surface area contributed by atoms with Gasteiger partial charge in [0.2, 0.25) is 0 Å². The van der Waals surface area contributed by atoms with Crippen molar-refractivity contribution in [1.82, 2.24) is 0 Å². The van der Waals surface area contributed by atoms with Gasteiger partial charge in [0, 0.05) is 40.2 Å². The highest BCUT2D eigenvalue weighted by Crippen LogP contribution is 2.54. The number of carbonyl (C=O) groups excluding carboxylic acids is 1. The molecule has 2 heterocycles. The maximum Gasteiger partial charge on any atom is 0.160 e. The molecule has 0 bridgehead atoms. The van der Waals surface area contributed by atoms with Crippen molar-refractivity contribution in [2.45, 2.75) is 123 Å². The quantitative estimate of drug-likeness (QED) is 0.0444. The van der Waals surface area contributed by atoms with Crippen molar-refractivity contribution >= 4 is 46.8 Å². The fourth-order valence-electron chi connectivity index (χ4n) is 8.34. The third-order valence-corrected chi connectivity index (χ3v) is 13.5. The van der Waals surface area contributed by atoms with Gasteiger partial charge in [0.15, 0.2) is 6.29 Å². The molecule has 0 saturated carbocycles. The molecule has 4 heteroatoms. The molecular weight excluding hydrogens is 743 g/mol. The third kappa shape index (κ3) is 11.1. The van der Waals surface area contributed by atoms with E-state index in [2.05, 4.69) is 141 Å². The molecule has 5 aromatic rings. The molecule has 0 atom stereocenters. The van der Waals surface area contributed by atoms with Gasteiger partial charge in [-0.3, -0.25) is 4.79 Å². The summed E-state index contributed by atoms with van der Waals surface area (Å²) in [6, 6.07) is 31.0. The zero-order valence-corrected chi connectivity index (χ0v) is 36.9. The topological polar surface area (TPSA) is 20.3 Å². The number of rotatable bonds is 20. The first-order valence-electron chi connectivity index (χ1n) is 22.0. The molecule has 3 aromatic carbocycles. The van der Waals surface area contributed by atoms with E-state index in [1.54, 1.807) is 11.3 Å². The molecule has 1 aliphatic carbocycles. The van der Waals surface area contributed by atoms with Gasteiger partial charge in [-0.2, -0.15) is 0 Å². The molecule has 0 radical (unpaired) electrons. The molecule has 0 amide bonds. The van der Waals surface area contributed by atoms with Crippen molar-refractivity contribution in [2.75, 3.05) is 18.0 Å². The highest BCUT2D eigenvalue weighted by molar-refractivity contribution is 7.14. The van der Waals surface area contributed by atoms with Gasteiger partial charge in [-0.25, -0.2) is 0 Å². The molecular formula is C54H61NOS2. The summed E-state index contributed by atoms with van der Waals surface area (Å²) >= 11 is 3.20. The number of benzene rings is 3. The molecule has 2 aromatic heterocycles. The van der Waals surface area contributed by atoms with Gasteiger partial charge in [-0.15, -0.1) is 22.7 Å². The molecule has 0 aliphatic heterocycles. The van der Waals surface area contributed by atoms with E-state index in [0.29, 0.717) is 4.88 Å². The van der Waals surface area contributed by atoms with E-state index in [1.165, 1.54) is 114 Å². The molecule has 6 rings (SSSR count). The van der Waals surface area contributed by atoms with Crippen LogP contribution in [-0.4, -0.2) is 19.4 Å². The Morgan fingerprint density at radius 1 is 0.534 bits per heavy atom. The van der Waals surface area contributed by atoms with Crippen molar-refractivity contribution in [3.8, 4) is 34.8 Å². The van der Waals surface area contributed by atoms with Crippen molar-refractivity contribution < 1.29 is 4.79 Å². The smallest absolute Gasteiger partial charge is 0.160 e. The fraction of sp³-hybridized carbons (Fsp3) is 0.389. The van der Waals surface area contributed by atoms with E-state index in [9.17, 15) is 4.79 Å². The van der Waals surface area contributed by atoms with Gasteiger partial charge < -0.3 is 4.90 Å². The first kappa shape index (κ1) is 43.0. The Kier molecular flexibility index (Phi) is 16.3. The Morgan fingerprint density at radius 3 is 1.55 bits per heavy atom. The summed E-state index contributed by atoms with van der Waals surface area (Å²) in [4.78, 5) is 17.7. The van der Waals surface area contributed by atoms with Crippen LogP contribution in [0.2, 0.25) is 0 Å². The highest BCUT2D eigenvalue weighted by atomic mass is 32.1. The molecule has 300 valence electrons. The van der Waals surface area contributed by atoms with Crippen LogP contribution in [-0.2, 0) is 5.41 Å². The lowest BCUT2D eigenvalue weighted by Gasteiger charge is -2.33. The maximum atomic E-state index is 11.2. The van der Waals surface area contributed by atoms with Crippen molar-refractivity contribution in [2.24, 2.45) is 0 Å². The van der Waals surface area contributed by atoms with Gasteiger partial charge in [0.25, 0.3) is 0 Å². The molecule has 0 fully saturated rings. The van der Waals surface area contributed by atoms with Gasteiger partial charge in [-0.1, -0.05) is 146 Å². The van der Waals surface area contributed by atoms with Gasteiger partial charge in [0.05, 0.1) is 14.6 Å². The number of fused-ring (bicyclic) bond motifs is 3. The first-order chi connectivity index (χ1) is 28.5. The second-order valence-electron chi connectivity index (χ2n) is 15.9. The highest BCUT2D eigenvalue weighted by Gasteiger charge is 2.42. The number of hydrogen-bond acceptors (Lipinski definition) is 4. The summed E-state index contributed by atoms with van der Waals surface area (Å²) in [5, 5.41) is 0. The van der Waals surface area contributed by atoms with E-state index in [-0.39, 0.29) is 5.41 Å². The second-order valence-corrected chi connectivity index (χ2v) is 18.1. The number of thiophene rings is 2. The maximum absolute atomic E-state index is 11.2. The third-order valence-electron chi connectivity index (χ3n) is 11.6. The van der Waals surface area contributed by atoms with E-state index >= 15 is 0 Å². The minimum absolute atomic E-state index is 0.0552. The van der Waals surface area contributed by atoms with E-state index in [4.69, 9.17) is 0 Å². The molecule has 2 nitrogen and oxygen atoms in total. The normalized spacial score (nSPS) is 12.4. The average Bonchev–Trinajstić information content (AvgIpc) is 3.99. The minimum atomic E-state index is -0.0552. The Balaban J connectivity index is 1.18. The lowest BCUT2D eigenvalue weighted by Crippen LogP contribution is -2.25. The Hall–Kier alpha value is -4.61. The number of aldehydes is 1. The number of carbonyl (C=O) groups is 1. The van der Waals surface area contributed by atoms with Crippen LogP contribution >= 0.6 is 22.7 Å². The van der Waals surface area contributed by atoms with Crippen LogP contribution in [0.15, 0.2) is 84.9 Å². The van der Waals surface area contributed by atoms with E-state index in [0.717, 1.165) is 65.9 Å². The zero-order valence-electron chi connectivity index (χ0n) is 35.3. The Labute approximate surface area is 357 Å². The zero-order chi connectivity index (χ0) is 40.6. The second kappa shape index (κ2) is 22.0. The monoisotopic (exact) mass is 803 g/mol. The van der Waals surface area contributed by atoms with Crippen LogP contribution in [0.25, 0.3) is 23.3 Å². The predicted molar refractivity (Wildman–Crippen MR) is 254 cm³/mol. The number of nitrogens with zero attached hydrogens (tertiary/aromatic N) is 1. The molecule has 0 saturated heterocycles. The van der Waals surface area contributed by atoms with Crippen molar-refractivity contribution in [3.05, 3.63) is 132 Å². The van der Waals surface area contributed by atoms with E-state index in [1.807, 2.05) is 12.1 Å². The van der Waals surface area contributed by atoms with Crippen LogP contribution in [0.1, 0.15) is 170 Å². The lowest BCUT2D eigenvalue weighted by molar-refractivity contribution is 0.112. The summed E-state index contributed by atoms with van der Waals surface area (Å²) in [7, 11) is 0. The van der Waals surface area contributed by atoms with Crippen LogP contribution in [0.3, 0.4) is 0 Å². The number of anilines is 1. The SMILES string of the molecule is CCCCCCN(CCCCCC)c1ccc(/C=C/c2ccc(C#Cc3ccc4c(c3)C(CCCC)(CCCC)c3cc(C#Cc5ccc(C=O)s5)ccc3-4)s2)cc1. The average molecular weight is 804 g/mol. The molecule has 58 heavy (non-hydrogen) atoms. The number of unbranched alkanes of at least 4 members (excludes halogenated alkanes) is 8. The standard InChI is InChI=1S/C54H61NOS2/c1-5-9-13-15-37-55(38-16-14-10-6-2)45-24-17-42(18-25-45)19-26-46-29-30-47(57-46)27-20-43-22-33-50-51-34-23-44(21-28-48-31-32-49(41-56)58-48)40-53(51)54(35-11-7-3,36-12-8-4)52(50)39-43/h17-19,22-26,29-34,39-41H,5-16,35-38H2,1-4H3/b26-19+. The predicted octanol–water partition coefficient (Wildman–Crippen LogP) is 15.2. The van der Waals surface area contributed by atoms with Gasteiger partial charge >= 0.3 is 0 Å². The summed E-state index contributed by atoms with van der Waals surface area (Å²) < 4.78 is 0. The fourth-order valence-corrected chi connectivity index (χ4v) is 9.78. The lowest BCUT2D eigenvalue weighted by atomic mass is 9.70. The summed E-state index contributed by atoms with van der Waals surface area (Å²) in [6.07, 6.45) is 22.6. The first-order valence-corrected chi connectivity index (χ1v) is 23.6. The largest absolute Gasteiger partial charge is 0.372 e. The summed E-state index contributed by atoms with van der Waals surface area (Å²) in [5.74, 6) is 13.8. The van der Waals surface area contributed by atoms with Crippen LogP contribution in [0.4, 0.5) is 5.69 Å². The van der Waals surface area contributed by atoms with Crippen LogP contribution in [0, 0.1) is 23.7 Å². The van der Waals surface area contributed by atoms with Gasteiger partial charge in [0.1, 0.15) is 0 Å². The number of hydrogen-bond donors (Lipinski definition) is 0.